The molecule has 0 heterocycles. The summed E-state index contributed by atoms with van der Waals surface area (Å²) < 4.78 is 45.8. The third kappa shape index (κ3) is 3.28. The molecular weight excluding hydrogens is 253 g/mol. The van der Waals surface area contributed by atoms with Crippen LogP contribution < -0.4 is 4.74 Å². The van der Waals surface area contributed by atoms with Crippen LogP contribution in [0.25, 0.3) is 0 Å². The second kappa shape index (κ2) is 5.34. The topological polar surface area (TPSA) is 9.23 Å². The van der Waals surface area contributed by atoms with E-state index in [9.17, 15) is 13.2 Å². The smallest absolute Gasteiger partial charge is 0.306 e. The maximum atomic E-state index is 13.9. The lowest BCUT2D eigenvalue weighted by Crippen LogP contribution is -2.23. The quantitative estimate of drug-likeness (QED) is 0.801. The summed E-state index contributed by atoms with van der Waals surface area (Å²) in [4.78, 5) is 0. The Morgan fingerprint density at radius 1 is 1.05 bits per heavy atom. The van der Waals surface area contributed by atoms with Gasteiger partial charge in [0.2, 0.25) is 0 Å². The van der Waals surface area contributed by atoms with E-state index in [1.165, 1.54) is 36.4 Å². The van der Waals surface area contributed by atoms with Crippen LogP contribution in [0.1, 0.15) is 11.1 Å². The van der Waals surface area contributed by atoms with Crippen molar-refractivity contribution in [1.82, 2.24) is 0 Å². The van der Waals surface area contributed by atoms with Gasteiger partial charge >= 0.3 is 5.92 Å². The number of hydrogen-bond donors (Lipinski definition) is 0. The van der Waals surface area contributed by atoms with E-state index in [1.54, 1.807) is 13.0 Å². The number of hydrogen-bond acceptors (Lipinski definition) is 1. The van der Waals surface area contributed by atoms with E-state index in [2.05, 4.69) is 0 Å². The van der Waals surface area contributed by atoms with Gasteiger partial charge in [0, 0.05) is 11.6 Å². The van der Waals surface area contributed by atoms with Crippen molar-refractivity contribution < 1.29 is 17.9 Å². The summed E-state index contributed by atoms with van der Waals surface area (Å²) in [7, 11) is 0. The van der Waals surface area contributed by atoms with Gasteiger partial charge in [-0.25, -0.2) is 4.39 Å². The molecule has 0 atom stereocenters. The zero-order valence-corrected chi connectivity index (χ0v) is 10.4. The van der Waals surface area contributed by atoms with Gasteiger partial charge < -0.3 is 4.74 Å². The number of aryl methyl sites for hydroxylation is 1. The van der Waals surface area contributed by atoms with Crippen molar-refractivity contribution in [2.75, 3.05) is 6.61 Å². The first kappa shape index (κ1) is 13.5. The molecule has 0 saturated heterocycles. The Kier molecular flexibility index (Phi) is 3.79. The molecule has 0 aliphatic rings. The number of halogens is 3. The molecule has 0 amide bonds. The Bertz CT molecular complexity index is 553. The molecule has 1 nitrogen and oxygen atoms in total. The zero-order valence-electron chi connectivity index (χ0n) is 10.4. The molecule has 2 aromatic rings. The predicted octanol–water partition coefficient (Wildman–Crippen LogP) is 4.30. The van der Waals surface area contributed by atoms with Crippen LogP contribution >= 0.6 is 0 Å². The Balaban J connectivity index is 2.12. The van der Waals surface area contributed by atoms with Gasteiger partial charge in [0.1, 0.15) is 11.6 Å². The van der Waals surface area contributed by atoms with Gasteiger partial charge in [0.25, 0.3) is 0 Å². The van der Waals surface area contributed by atoms with Gasteiger partial charge in [0.05, 0.1) is 0 Å². The fourth-order valence-electron chi connectivity index (χ4n) is 1.66. The lowest BCUT2D eigenvalue weighted by molar-refractivity contribution is -0.0469. The second-order valence-electron chi connectivity index (χ2n) is 4.27. The van der Waals surface area contributed by atoms with Gasteiger partial charge in [-0.05, 0) is 18.6 Å². The van der Waals surface area contributed by atoms with Crippen molar-refractivity contribution in [3.8, 4) is 5.75 Å². The van der Waals surface area contributed by atoms with Crippen molar-refractivity contribution in [3.63, 3.8) is 0 Å². The van der Waals surface area contributed by atoms with E-state index < -0.39 is 18.3 Å². The average molecular weight is 266 g/mol. The van der Waals surface area contributed by atoms with Crippen LogP contribution in [0.4, 0.5) is 13.2 Å². The van der Waals surface area contributed by atoms with E-state index in [0.717, 1.165) is 6.07 Å². The molecule has 0 aliphatic carbocycles. The minimum absolute atomic E-state index is 0.121. The van der Waals surface area contributed by atoms with Gasteiger partial charge in [-0.2, -0.15) is 8.78 Å². The number of ether oxygens (including phenoxy) is 1. The maximum absolute atomic E-state index is 13.9. The second-order valence-corrected chi connectivity index (χ2v) is 4.27. The molecule has 0 aliphatic heterocycles. The van der Waals surface area contributed by atoms with Crippen molar-refractivity contribution in [1.29, 1.82) is 0 Å². The molecule has 0 fully saturated rings. The summed E-state index contributed by atoms with van der Waals surface area (Å²) in [5.41, 5.74) is 0.495. The van der Waals surface area contributed by atoms with Crippen LogP contribution in [-0.2, 0) is 5.92 Å². The number of alkyl halides is 2. The van der Waals surface area contributed by atoms with Crippen LogP contribution in [0.15, 0.2) is 48.5 Å². The monoisotopic (exact) mass is 266 g/mol. The largest absolute Gasteiger partial charge is 0.487 e. The van der Waals surface area contributed by atoms with Crippen molar-refractivity contribution in [2.24, 2.45) is 0 Å². The third-order valence-electron chi connectivity index (χ3n) is 2.76. The molecule has 2 aromatic carbocycles. The summed E-state index contributed by atoms with van der Waals surface area (Å²) in [6.45, 7) is 0.858. The summed E-state index contributed by atoms with van der Waals surface area (Å²) in [6.07, 6.45) is 0. The van der Waals surface area contributed by atoms with Crippen LogP contribution in [-0.4, -0.2) is 6.61 Å². The van der Waals surface area contributed by atoms with Crippen molar-refractivity contribution >= 4 is 0 Å². The molecule has 100 valence electrons. The Morgan fingerprint density at radius 2 is 1.74 bits per heavy atom. The standard InChI is InChI=1S/C15H13F3O/c1-11-7-8-13(16)9-14(11)19-10-15(17,18)12-5-3-2-4-6-12/h2-9H,10H2,1H3. The van der Waals surface area contributed by atoms with E-state index in [-0.39, 0.29) is 11.3 Å². The summed E-state index contributed by atoms with van der Waals surface area (Å²) in [6, 6.07) is 11.3. The number of rotatable bonds is 4. The fraction of sp³-hybridized carbons (Fsp3) is 0.200. The zero-order chi connectivity index (χ0) is 13.9. The molecule has 0 spiro atoms. The van der Waals surface area contributed by atoms with Crippen molar-refractivity contribution in [2.45, 2.75) is 12.8 Å². The lowest BCUT2D eigenvalue weighted by atomic mass is 10.1. The van der Waals surface area contributed by atoms with Crippen LogP contribution in [0.3, 0.4) is 0 Å². The highest BCUT2D eigenvalue weighted by molar-refractivity contribution is 5.33. The Morgan fingerprint density at radius 3 is 2.42 bits per heavy atom. The van der Waals surface area contributed by atoms with E-state index in [1.807, 2.05) is 0 Å². The highest BCUT2D eigenvalue weighted by Gasteiger charge is 2.32. The van der Waals surface area contributed by atoms with Gasteiger partial charge in [-0.3, -0.25) is 0 Å². The first-order valence-corrected chi connectivity index (χ1v) is 5.81. The average Bonchev–Trinajstić information content (AvgIpc) is 2.41. The molecule has 0 N–H and O–H groups in total. The first-order chi connectivity index (χ1) is 8.99. The van der Waals surface area contributed by atoms with Crippen LogP contribution in [0.5, 0.6) is 5.75 Å². The molecule has 4 heteroatoms. The molecule has 0 unspecified atom stereocenters. The summed E-state index contributed by atoms with van der Waals surface area (Å²) in [5.74, 6) is -3.49. The fourth-order valence-corrected chi connectivity index (χ4v) is 1.66. The summed E-state index contributed by atoms with van der Waals surface area (Å²) >= 11 is 0. The first-order valence-electron chi connectivity index (χ1n) is 5.81. The Labute approximate surface area is 109 Å². The van der Waals surface area contributed by atoms with E-state index >= 15 is 0 Å². The molecule has 0 radical (unpaired) electrons. The maximum Gasteiger partial charge on any atom is 0.306 e. The molecular formula is C15H13F3O. The van der Waals surface area contributed by atoms with Crippen molar-refractivity contribution in [3.05, 3.63) is 65.5 Å². The molecule has 0 saturated carbocycles. The summed E-state index contributed by atoms with van der Waals surface area (Å²) in [5, 5.41) is 0. The lowest BCUT2D eigenvalue weighted by Gasteiger charge is -2.18. The molecule has 0 bridgehead atoms. The van der Waals surface area contributed by atoms with Gasteiger partial charge in [0.15, 0.2) is 6.61 Å². The van der Waals surface area contributed by atoms with Gasteiger partial charge in [-0.15, -0.1) is 0 Å². The normalized spacial score (nSPS) is 11.4. The SMILES string of the molecule is Cc1ccc(F)cc1OCC(F)(F)c1ccccc1. The minimum Gasteiger partial charge on any atom is -0.487 e. The number of benzene rings is 2. The highest BCUT2D eigenvalue weighted by Crippen LogP contribution is 2.29. The molecule has 0 aromatic heterocycles. The van der Waals surface area contributed by atoms with Gasteiger partial charge in [-0.1, -0.05) is 36.4 Å². The molecule has 19 heavy (non-hydrogen) atoms. The van der Waals surface area contributed by atoms with E-state index in [4.69, 9.17) is 4.74 Å². The molecule has 2 rings (SSSR count). The predicted molar refractivity (Wildman–Crippen MR) is 67.0 cm³/mol. The van der Waals surface area contributed by atoms with Crippen LogP contribution in [0, 0.1) is 12.7 Å². The third-order valence-corrected chi connectivity index (χ3v) is 2.76. The van der Waals surface area contributed by atoms with E-state index in [0.29, 0.717) is 5.56 Å². The highest BCUT2D eigenvalue weighted by atomic mass is 19.3. The Hall–Kier alpha value is -1.97. The van der Waals surface area contributed by atoms with Crippen LogP contribution in [0.2, 0.25) is 0 Å². The minimum atomic E-state index is -3.11.